The fourth-order valence-electron chi connectivity index (χ4n) is 2.49. The van der Waals surface area contributed by atoms with E-state index < -0.39 is 19.5 Å². The molecule has 1 aromatic rings. The van der Waals surface area contributed by atoms with Gasteiger partial charge in [-0.2, -0.15) is 0 Å². The number of aliphatic hydroxyl groups is 1. The van der Waals surface area contributed by atoms with Gasteiger partial charge in [-0.25, -0.2) is 0 Å². The Morgan fingerprint density at radius 3 is 2.50 bits per heavy atom. The molecule has 0 radical (unpaired) electrons. The first-order valence-corrected chi connectivity index (χ1v) is 9.94. The van der Waals surface area contributed by atoms with Gasteiger partial charge in [0.25, 0.3) is 0 Å². The van der Waals surface area contributed by atoms with Crippen LogP contribution < -0.4 is 0 Å². The molecule has 0 aliphatic heterocycles. The van der Waals surface area contributed by atoms with E-state index in [1.165, 1.54) is 5.56 Å². The summed E-state index contributed by atoms with van der Waals surface area (Å²) in [5.74, 6) is 0. The minimum atomic E-state index is -1.65. The molecular formula is C12H20O2SSi. The van der Waals surface area contributed by atoms with Gasteiger partial charge < -0.3 is 9.53 Å². The molecule has 1 aliphatic carbocycles. The van der Waals surface area contributed by atoms with Crippen molar-refractivity contribution in [2.24, 2.45) is 0 Å². The lowest BCUT2D eigenvalue weighted by atomic mass is 9.90. The molecule has 1 N–H and O–H groups in total. The van der Waals surface area contributed by atoms with Gasteiger partial charge in [-0.05, 0) is 50.5 Å². The summed E-state index contributed by atoms with van der Waals surface area (Å²) >= 11 is 1.63. The Balaban J connectivity index is 2.37. The van der Waals surface area contributed by atoms with E-state index in [1.807, 2.05) is 19.2 Å². The van der Waals surface area contributed by atoms with Gasteiger partial charge in [0.15, 0.2) is 8.32 Å². The van der Waals surface area contributed by atoms with Gasteiger partial charge in [0.05, 0.1) is 5.60 Å². The molecule has 90 valence electrons. The Labute approximate surface area is 102 Å². The normalized spacial score (nSPS) is 34.1. The molecule has 1 aromatic heterocycles. The van der Waals surface area contributed by atoms with Gasteiger partial charge in [-0.3, -0.25) is 0 Å². The molecule has 0 amide bonds. The van der Waals surface area contributed by atoms with Crippen molar-refractivity contribution in [3.8, 4) is 0 Å². The number of thiophene rings is 1. The van der Waals surface area contributed by atoms with Crippen LogP contribution in [0.5, 0.6) is 0 Å². The smallest absolute Gasteiger partial charge is 0.184 e. The summed E-state index contributed by atoms with van der Waals surface area (Å²) in [5, 5.41) is 12.8. The summed E-state index contributed by atoms with van der Waals surface area (Å²) in [4.78, 5) is 1.08. The van der Waals surface area contributed by atoms with Crippen molar-refractivity contribution >= 4 is 19.7 Å². The van der Waals surface area contributed by atoms with Crippen molar-refractivity contribution in [1.82, 2.24) is 0 Å². The topological polar surface area (TPSA) is 29.5 Å². The number of fused-ring (bicyclic) bond motifs is 1. The van der Waals surface area contributed by atoms with Crippen molar-refractivity contribution < 1.29 is 9.53 Å². The Kier molecular flexibility index (Phi) is 2.63. The molecule has 1 aliphatic rings. The second-order valence-electron chi connectivity index (χ2n) is 5.97. The highest BCUT2D eigenvalue weighted by atomic mass is 32.1. The van der Waals surface area contributed by atoms with E-state index in [0.29, 0.717) is 0 Å². The van der Waals surface area contributed by atoms with E-state index >= 15 is 0 Å². The van der Waals surface area contributed by atoms with Crippen LogP contribution >= 0.6 is 11.3 Å². The number of hydrogen-bond acceptors (Lipinski definition) is 3. The average Bonchev–Trinajstić information content (AvgIpc) is 2.53. The average molecular weight is 256 g/mol. The van der Waals surface area contributed by atoms with E-state index in [2.05, 4.69) is 25.7 Å². The fourth-order valence-corrected chi connectivity index (χ4v) is 5.22. The third-order valence-corrected chi connectivity index (χ3v) is 5.51. The van der Waals surface area contributed by atoms with E-state index in [4.69, 9.17) is 4.43 Å². The Hall–Kier alpha value is -0.163. The number of rotatable bonds is 2. The molecule has 0 saturated heterocycles. The molecule has 0 unspecified atom stereocenters. The Morgan fingerprint density at radius 1 is 1.38 bits per heavy atom. The van der Waals surface area contributed by atoms with E-state index in [1.54, 1.807) is 11.3 Å². The molecule has 2 rings (SSSR count). The lowest BCUT2D eigenvalue weighted by Gasteiger charge is -2.41. The van der Waals surface area contributed by atoms with Crippen LogP contribution in [0.2, 0.25) is 19.6 Å². The predicted molar refractivity (Wildman–Crippen MR) is 70.4 cm³/mol. The van der Waals surface area contributed by atoms with Crippen molar-refractivity contribution in [1.29, 1.82) is 0 Å². The van der Waals surface area contributed by atoms with Crippen LogP contribution in [0.15, 0.2) is 11.4 Å². The molecule has 0 saturated carbocycles. The molecule has 2 nitrogen and oxygen atoms in total. The van der Waals surface area contributed by atoms with Gasteiger partial charge in [0, 0.05) is 11.3 Å². The molecule has 16 heavy (non-hydrogen) atoms. The third-order valence-electron chi connectivity index (χ3n) is 3.28. The first-order valence-electron chi connectivity index (χ1n) is 5.65. The van der Waals surface area contributed by atoms with Gasteiger partial charge >= 0.3 is 0 Å². The van der Waals surface area contributed by atoms with Crippen molar-refractivity contribution in [2.45, 2.75) is 51.1 Å². The maximum Gasteiger partial charge on any atom is 0.184 e. The van der Waals surface area contributed by atoms with Crippen molar-refractivity contribution in [3.05, 3.63) is 21.9 Å². The van der Waals surface area contributed by atoms with Crippen LogP contribution in [-0.4, -0.2) is 19.0 Å². The number of hydrogen-bond donors (Lipinski definition) is 1. The van der Waals surface area contributed by atoms with E-state index in [-0.39, 0.29) is 0 Å². The molecule has 4 heteroatoms. The van der Waals surface area contributed by atoms with Crippen LogP contribution in [0.25, 0.3) is 0 Å². The van der Waals surface area contributed by atoms with Crippen LogP contribution in [0.1, 0.15) is 24.3 Å². The van der Waals surface area contributed by atoms with Gasteiger partial charge in [-0.1, -0.05) is 0 Å². The summed E-state index contributed by atoms with van der Waals surface area (Å²) in [6.07, 6.45) is 0.823. The minimum Gasteiger partial charge on any atom is -0.409 e. The van der Waals surface area contributed by atoms with E-state index in [0.717, 1.165) is 11.3 Å². The SMILES string of the molecule is C[C@]1(O)c2sccc2C[C@]1(C)O[Si](C)(C)C. The Morgan fingerprint density at radius 2 is 2.00 bits per heavy atom. The Bertz CT molecular complexity index is 405. The molecule has 2 atom stereocenters. The lowest BCUT2D eigenvalue weighted by Crippen LogP contribution is -2.52. The van der Waals surface area contributed by atoms with Gasteiger partial charge in [0.1, 0.15) is 5.60 Å². The zero-order chi connectivity index (χ0) is 12.2. The maximum atomic E-state index is 10.7. The predicted octanol–water partition coefficient (Wildman–Crippen LogP) is 3.12. The highest BCUT2D eigenvalue weighted by molar-refractivity contribution is 7.10. The van der Waals surface area contributed by atoms with Crippen molar-refractivity contribution in [2.75, 3.05) is 0 Å². The summed E-state index contributed by atoms with van der Waals surface area (Å²) in [6, 6.07) is 2.10. The lowest BCUT2D eigenvalue weighted by molar-refractivity contribution is -0.109. The molecule has 0 fully saturated rings. The summed E-state index contributed by atoms with van der Waals surface area (Å²) < 4.78 is 6.24. The van der Waals surface area contributed by atoms with Gasteiger partial charge in [0.2, 0.25) is 0 Å². The second kappa shape index (κ2) is 3.42. The zero-order valence-corrected chi connectivity index (χ0v) is 12.4. The fraction of sp³-hybridized carbons (Fsp3) is 0.667. The zero-order valence-electron chi connectivity index (χ0n) is 10.6. The molecular weight excluding hydrogens is 236 g/mol. The van der Waals surface area contributed by atoms with E-state index in [9.17, 15) is 5.11 Å². The van der Waals surface area contributed by atoms with Crippen LogP contribution in [0.3, 0.4) is 0 Å². The third kappa shape index (κ3) is 1.78. The largest absolute Gasteiger partial charge is 0.409 e. The highest BCUT2D eigenvalue weighted by Gasteiger charge is 2.54. The van der Waals surface area contributed by atoms with Crippen molar-refractivity contribution in [3.63, 3.8) is 0 Å². The quantitative estimate of drug-likeness (QED) is 0.824. The first-order chi connectivity index (χ1) is 7.16. The molecule has 0 spiro atoms. The first kappa shape index (κ1) is 12.3. The van der Waals surface area contributed by atoms with Crippen LogP contribution in [-0.2, 0) is 16.4 Å². The standard InChI is InChI=1S/C12H20O2SSi/c1-11(14-16(3,4)5)8-9-6-7-15-10(9)12(11,2)13/h6-7,13H,8H2,1-5H3/t11-,12-/m0/s1. The minimum absolute atomic E-state index is 0.458. The van der Waals surface area contributed by atoms with Crippen LogP contribution in [0.4, 0.5) is 0 Å². The summed E-state index contributed by atoms with van der Waals surface area (Å²) in [5.41, 5.74) is -0.0628. The highest BCUT2D eigenvalue weighted by Crippen LogP contribution is 2.49. The monoisotopic (exact) mass is 256 g/mol. The molecule has 0 aromatic carbocycles. The molecule has 1 heterocycles. The second-order valence-corrected chi connectivity index (χ2v) is 11.3. The summed E-state index contributed by atoms with van der Waals surface area (Å²) in [7, 11) is -1.65. The maximum absolute atomic E-state index is 10.7. The molecule has 0 bridgehead atoms. The van der Waals surface area contributed by atoms with Gasteiger partial charge in [-0.15, -0.1) is 11.3 Å². The van der Waals surface area contributed by atoms with Crippen LogP contribution in [0, 0.1) is 0 Å². The summed E-state index contributed by atoms with van der Waals surface area (Å²) in [6.45, 7) is 10.4.